The molecule has 5 nitrogen and oxygen atoms in total. The fraction of sp³-hybridized carbons (Fsp3) is 0.550. The van der Waals surface area contributed by atoms with Crippen molar-refractivity contribution in [2.75, 3.05) is 5.32 Å². The smallest absolute Gasteiger partial charge is 0.230 e. The maximum absolute atomic E-state index is 13.4. The van der Waals surface area contributed by atoms with E-state index in [-0.39, 0.29) is 16.9 Å². The van der Waals surface area contributed by atoms with Gasteiger partial charge in [0, 0.05) is 10.2 Å². The lowest BCUT2D eigenvalue weighted by atomic mass is 9.46. The van der Waals surface area contributed by atoms with E-state index in [1.807, 2.05) is 31.5 Å². The molecule has 26 heavy (non-hydrogen) atoms. The minimum atomic E-state index is -0.267. The standard InChI is InChI=1S/C20H23BrN4O/c1-13-4-16(2-3-17(13)21)24-18(26)19-6-14-5-15(7-19)9-20(8-14,10-19)25-12-22-11-23-25/h2-4,11-12,14-15H,5-10H2,1H3,(H,24,26)/t14-,15+,19?,20?. The first kappa shape index (κ1) is 16.5. The molecule has 1 aromatic heterocycles. The van der Waals surface area contributed by atoms with E-state index in [9.17, 15) is 4.79 Å². The van der Waals surface area contributed by atoms with Crippen molar-refractivity contribution in [3.8, 4) is 0 Å². The Morgan fingerprint density at radius 1 is 1.27 bits per heavy atom. The third-order valence-corrected chi connectivity index (χ3v) is 7.72. The van der Waals surface area contributed by atoms with Crippen molar-refractivity contribution in [3.05, 3.63) is 40.9 Å². The summed E-state index contributed by atoms with van der Waals surface area (Å²) in [5.41, 5.74) is 1.73. The number of carbonyl (C=O) groups excluding carboxylic acids is 1. The summed E-state index contributed by atoms with van der Waals surface area (Å²) in [6.45, 7) is 2.05. The highest BCUT2D eigenvalue weighted by molar-refractivity contribution is 9.10. The SMILES string of the molecule is Cc1cc(NC(=O)C23C[C@H]4C[C@@H](C2)CC(n2cncn2)(C4)C3)ccc1Br. The molecule has 1 amide bonds. The minimum absolute atomic E-state index is 0.0203. The molecule has 0 saturated heterocycles. The van der Waals surface area contributed by atoms with E-state index in [1.165, 1.54) is 6.42 Å². The number of amides is 1. The topological polar surface area (TPSA) is 59.8 Å². The van der Waals surface area contributed by atoms with E-state index in [0.29, 0.717) is 11.8 Å². The number of hydrogen-bond acceptors (Lipinski definition) is 3. The van der Waals surface area contributed by atoms with Gasteiger partial charge < -0.3 is 5.32 Å². The molecule has 0 radical (unpaired) electrons. The van der Waals surface area contributed by atoms with Crippen molar-refractivity contribution in [2.45, 2.75) is 51.0 Å². The largest absolute Gasteiger partial charge is 0.326 e. The Bertz CT molecular complexity index is 849. The summed E-state index contributed by atoms with van der Waals surface area (Å²) in [7, 11) is 0. The summed E-state index contributed by atoms with van der Waals surface area (Å²) in [6.07, 6.45) is 9.93. The van der Waals surface area contributed by atoms with Gasteiger partial charge in [0.05, 0.1) is 11.0 Å². The number of nitrogens with zero attached hydrogens (tertiary/aromatic N) is 3. The average Bonchev–Trinajstić information content (AvgIpc) is 3.12. The molecule has 4 atom stereocenters. The number of nitrogens with one attached hydrogen (secondary N) is 1. The molecule has 4 aliphatic carbocycles. The van der Waals surface area contributed by atoms with Gasteiger partial charge in [0.25, 0.3) is 0 Å². The van der Waals surface area contributed by atoms with Crippen LogP contribution in [0.15, 0.2) is 35.3 Å². The monoisotopic (exact) mass is 414 g/mol. The normalized spacial score (nSPS) is 34.8. The number of carbonyl (C=O) groups is 1. The second kappa shape index (κ2) is 5.65. The number of benzene rings is 1. The first-order chi connectivity index (χ1) is 12.5. The van der Waals surface area contributed by atoms with Gasteiger partial charge in [0.2, 0.25) is 5.91 Å². The zero-order valence-corrected chi connectivity index (χ0v) is 16.5. The number of anilines is 1. The summed E-state index contributed by atoms with van der Waals surface area (Å²) in [5.74, 6) is 1.44. The fourth-order valence-corrected chi connectivity index (χ4v) is 6.43. The Balaban J connectivity index is 1.46. The molecule has 0 spiro atoms. The molecule has 4 bridgehead atoms. The van der Waals surface area contributed by atoms with E-state index in [0.717, 1.165) is 47.8 Å². The van der Waals surface area contributed by atoms with E-state index in [1.54, 1.807) is 6.33 Å². The highest BCUT2D eigenvalue weighted by atomic mass is 79.9. The Hall–Kier alpha value is -1.69. The van der Waals surface area contributed by atoms with E-state index in [2.05, 4.69) is 36.0 Å². The van der Waals surface area contributed by atoms with Gasteiger partial charge in [-0.25, -0.2) is 9.67 Å². The van der Waals surface area contributed by atoms with Crippen LogP contribution in [-0.2, 0) is 10.3 Å². The van der Waals surface area contributed by atoms with Crippen LogP contribution in [0.4, 0.5) is 5.69 Å². The fourth-order valence-electron chi connectivity index (χ4n) is 6.19. The molecule has 6 rings (SSSR count). The Morgan fingerprint density at radius 3 is 2.69 bits per heavy atom. The molecular weight excluding hydrogens is 392 g/mol. The van der Waals surface area contributed by atoms with E-state index >= 15 is 0 Å². The number of halogens is 1. The summed E-state index contributed by atoms with van der Waals surface area (Å²) < 4.78 is 3.12. The van der Waals surface area contributed by atoms with Crippen LogP contribution in [0.3, 0.4) is 0 Å². The average molecular weight is 415 g/mol. The number of aromatic nitrogens is 3. The maximum atomic E-state index is 13.4. The maximum Gasteiger partial charge on any atom is 0.230 e. The Labute approximate surface area is 161 Å². The van der Waals surface area contributed by atoms with Crippen molar-refractivity contribution >= 4 is 27.5 Å². The van der Waals surface area contributed by atoms with Crippen molar-refractivity contribution in [3.63, 3.8) is 0 Å². The van der Waals surface area contributed by atoms with Gasteiger partial charge in [-0.3, -0.25) is 4.79 Å². The van der Waals surface area contributed by atoms with Crippen molar-refractivity contribution in [2.24, 2.45) is 17.3 Å². The molecule has 1 aromatic carbocycles. The van der Waals surface area contributed by atoms with Crippen LogP contribution in [-0.4, -0.2) is 20.7 Å². The van der Waals surface area contributed by atoms with Gasteiger partial charge in [0.1, 0.15) is 12.7 Å². The molecule has 1 N–H and O–H groups in total. The van der Waals surface area contributed by atoms with Gasteiger partial charge >= 0.3 is 0 Å². The van der Waals surface area contributed by atoms with Crippen molar-refractivity contribution < 1.29 is 4.79 Å². The molecule has 4 aliphatic rings. The second-order valence-electron chi connectivity index (χ2n) is 8.72. The van der Waals surface area contributed by atoms with Crippen LogP contribution >= 0.6 is 15.9 Å². The lowest BCUT2D eigenvalue weighted by molar-refractivity contribution is -0.150. The van der Waals surface area contributed by atoms with Gasteiger partial charge in [-0.1, -0.05) is 15.9 Å². The first-order valence-corrected chi connectivity index (χ1v) is 10.2. The lowest BCUT2D eigenvalue weighted by Crippen LogP contribution is -2.60. The predicted octanol–water partition coefficient (Wildman–Crippen LogP) is 4.28. The van der Waals surface area contributed by atoms with Crippen LogP contribution in [0.5, 0.6) is 0 Å². The van der Waals surface area contributed by atoms with Gasteiger partial charge in [-0.15, -0.1) is 0 Å². The summed E-state index contributed by atoms with van der Waals surface area (Å²) in [6, 6.07) is 6.01. The molecule has 4 saturated carbocycles. The van der Waals surface area contributed by atoms with Crippen LogP contribution < -0.4 is 5.32 Å². The summed E-state index contributed by atoms with van der Waals surface area (Å²) in [4.78, 5) is 17.6. The molecule has 1 heterocycles. The number of rotatable bonds is 3. The Morgan fingerprint density at radius 2 is 2.04 bits per heavy atom. The van der Waals surface area contributed by atoms with Crippen LogP contribution in [0.1, 0.15) is 44.1 Å². The highest BCUT2D eigenvalue weighted by Crippen LogP contribution is 2.64. The lowest BCUT2D eigenvalue weighted by Gasteiger charge is -2.60. The molecule has 6 heteroatoms. The third kappa shape index (κ3) is 2.45. The summed E-state index contributed by atoms with van der Waals surface area (Å²) >= 11 is 3.53. The third-order valence-electron chi connectivity index (χ3n) is 6.83. The zero-order valence-electron chi connectivity index (χ0n) is 14.9. The molecule has 2 aromatic rings. The second-order valence-corrected chi connectivity index (χ2v) is 9.58. The molecule has 4 fully saturated rings. The molecule has 0 aliphatic heterocycles. The molecule has 2 unspecified atom stereocenters. The van der Waals surface area contributed by atoms with Crippen LogP contribution in [0.2, 0.25) is 0 Å². The van der Waals surface area contributed by atoms with Gasteiger partial charge in [-0.2, -0.15) is 5.10 Å². The molecule has 136 valence electrons. The summed E-state index contributed by atoms with van der Waals surface area (Å²) in [5, 5.41) is 7.70. The van der Waals surface area contributed by atoms with Crippen LogP contribution in [0.25, 0.3) is 0 Å². The van der Waals surface area contributed by atoms with Gasteiger partial charge in [-0.05, 0) is 81.0 Å². The van der Waals surface area contributed by atoms with E-state index in [4.69, 9.17) is 0 Å². The predicted molar refractivity (Wildman–Crippen MR) is 103 cm³/mol. The number of aryl methyl sites for hydroxylation is 1. The molecular formula is C20H23BrN4O. The Kier molecular flexibility index (Phi) is 3.58. The van der Waals surface area contributed by atoms with Crippen LogP contribution in [0, 0.1) is 24.2 Å². The zero-order chi connectivity index (χ0) is 17.9. The first-order valence-electron chi connectivity index (χ1n) is 9.41. The highest BCUT2D eigenvalue weighted by Gasteiger charge is 2.61. The van der Waals surface area contributed by atoms with Crippen molar-refractivity contribution in [1.29, 1.82) is 0 Å². The van der Waals surface area contributed by atoms with E-state index < -0.39 is 0 Å². The van der Waals surface area contributed by atoms with Crippen molar-refractivity contribution in [1.82, 2.24) is 14.8 Å². The number of hydrogen-bond donors (Lipinski definition) is 1. The quantitative estimate of drug-likeness (QED) is 0.814. The minimum Gasteiger partial charge on any atom is -0.326 e. The van der Waals surface area contributed by atoms with Gasteiger partial charge in [0.15, 0.2) is 0 Å².